The van der Waals surface area contributed by atoms with Crippen molar-refractivity contribution in [3.63, 3.8) is 0 Å². The number of thioether (sulfide) groups is 1. The molecule has 0 aliphatic carbocycles. The molecule has 1 aliphatic rings. The van der Waals surface area contributed by atoms with Crippen LogP contribution in [0.4, 0.5) is 19.0 Å². The summed E-state index contributed by atoms with van der Waals surface area (Å²) in [5.41, 5.74) is -0.975. The summed E-state index contributed by atoms with van der Waals surface area (Å²) in [4.78, 5) is 23.9. The molecule has 0 bridgehead atoms. The molecule has 12 heteroatoms. The summed E-state index contributed by atoms with van der Waals surface area (Å²) in [6.45, 7) is 3.39. The molecular weight excluding hydrogens is 435 g/mol. The number of nitrogens with one attached hydrogen (secondary N) is 1. The third kappa shape index (κ3) is 6.58. The van der Waals surface area contributed by atoms with E-state index >= 15 is 0 Å². The molecule has 0 atom stereocenters. The number of likely N-dealkylation sites (N-methyl/N-ethyl adjacent to an activating group) is 1. The molecule has 1 saturated heterocycles. The Hall–Kier alpha value is -2.31. The number of alkyl halides is 3. The number of hydrogen-bond acceptors (Lipinski definition) is 8. The lowest BCUT2D eigenvalue weighted by Gasteiger charge is -2.33. The highest BCUT2D eigenvalue weighted by Crippen LogP contribution is 2.32. The van der Waals surface area contributed by atoms with Gasteiger partial charge >= 0.3 is 6.18 Å². The molecule has 0 unspecified atom stereocenters. The second-order valence-electron chi connectivity index (χ2n) is 6.99. The highest BCUT2D eigenvalue weighted by atomic mass is 32.2. The monoisotopic (exact) mass is 459 g/mol. The molecule has 0 aromatic carbocycles. The zero-order chi connectivity index (χ0) is 22.4. The minimum absolute atomic E-state index is 0.00579. The molecule has 31 heavy (non-hydrogen) atoms. The maximum atomic E-state index is 13.4. The van der Waals surface area contributed by atoms with Gasteiger partial charge in [0.1, 0.15) is 11.6 Å². The molecule has 8 nitrogen and oxygen atoms in total. The maximum absolute atomic E-state index is 13.4. The van der Waals surface area contributed by atoms with E-state index in [0.717, 1.165) is 30.9 Å². The second kappa shape index (κ2) is 10.3. The van der Waals surface area contributed by atoms with Crippen LogP contribution in [0.25, 0.3) is 0 Å². The van der Waals surface area contributed by atoms with Gasteiger partial charge in [0.2, 0.25) is 0 Å². The predicted molar refractivity (Wildman–Crippen MR) is 109 cm³/mol. The van der Waals surface area contributed by atoms with Crippen molar-refractivity contribution in [3.05, 3.63) is 35.4 Å². The van der Waals surface area contributed by atoms with Gasteiger partial charge in [0.05, 0.1) is 12.4 Å². The van der Waals surface area contributed by atoms with E-state index in [9.17, 15) is 18.0 Å². The van der Waals surface area contributed by atoms with Crippen molar-refractivity contribution < 1.29 is 27.1 Å². The quantitative estimate of drug-likeness (QED) is 0.366. The molecule has 3 rings (SSSR count). The second-order valence-corrected chi connectivity index (χ2v) is 7.93. The molecule has 2 aromatic rings. The summed E-state index contributed by atoms with van der Waals surface area (Å²) in [7, 11) is 3.49. The summed E-state index contributed by atoms with van der Waals surface area (Å²) in [6, 6.07) is 4.11. The lowest BCUT2D eigenvalue weighted by Crippen LogP contribution is -2.45. The number of hydrogen-bond donors (Lipinski definition) is 1. The highest BCUT2D eigenvalue weighted by Gasteiger charge is 2.34. The van der Waals surface area contributed by atoms with Gasteiger partial charge in [0.25, 0.3) is 5.91 Å². The molecule has 1 fully saturated rings. The molecular formula is C19H24F3N5O3S. The van der Waals surface area contributed by atoms with Crippen LogP contribution < -0.4 is 10.2 Å². The number of methoxy groups -OCH3 is 1. The number of ether oxygens (including phenoxy) is 1. The van der Waals surface area contributed by atoms with E-state index in [4.69, 9.17) is 9.15 Å². The number of rotatable bonds is 8. The van der Waals surface area contributed by atoms with Crippen molar-refractivity contribution in [3.8, 4) is 0 Å². The van der Waals surface area contributed by atoms with Gasteiger partial charge in [-0.25, -0.2) is 9.97 Å². The number of anilines is 1. The molecule has 1 amide bonds. The summed E-state index contributed by atoms with van der Waals surface area (Å²) >= 11 is 1.02. The Bertz CT molecular complexity index is 885. The first kappa shape index (κ1) is 23.4. The maximum Gasteiger partial charge on any atom is 0.433 e. The number of aromatic nitrogens is 2. The molecule has 0 radical (unpaired) electrons. The van der Waals surface area contributed by atoms with Gasteiger partial charge in [-0.15, -0.1) is 0 Å². The molecule has 0 spiro atoms. The topological polar surface area (TPSA) is 83.7 Å². The van der Waals surface area contributed by atoms with Crippen LogP contribution in [0, 0.1) is 0 Å². The van der Waals surface area contributed by atoms with E-state index in [1.165, 1.54) is 13.2 Å². The third-order valence-electron chi connectivity index (χ3n) is 4.63. The lowest BCUT2D eigenvalue weighted by molar-refractivity contribution is -0.141. The fourth-order valence-electron chi connectivity index (χ4n) is 2.89. The van der Waals surface area contributed by atoms with Crippen LogP contribution >= 0.6 is 11.8 Å². The van der Waals surface area contributed by atoms with Gasteiger partial charge in [-0.2, -0.15) is 13.2 Å². The molecule has 0 saturated carbocycles. The smallest absolute Gasteiger partial charge is 0.433 e. The minimum atomic E-state index is -4.57. The van der Waals surface area contributed by atoms with E-state index in [1.54, 1.807) is 6.07 Å². The number of carbonyl (C=O) groups is 1. The number of carbonyl (C=O) groups excluding carboxylic acids is 1. The van der Waals surface area contributed by atoms with Crippen molar-refractivity contribution in [2.45, 2.75) is 17.1 Å². The fourth-order valence-corrected chi connectivity index (χ4v) is 3.63. The van der Waals surface area contributed by atoms with Crippen molar-refractivity contribution >= 4 is 23.5 Å². The van der Waals surface area contributed by atoms with Crippen molar-refractivity contribution in [1.29, 1.82) is 0 Å². The van der Waals surface area contributed by atoms with Gasteiger partial charge < -0.3 is 24.3 Å². The third-order valence-corrected chi connectivity index (χ3v) is 5.50. The van der Waals surface area contributed by atoms with Crippen LogP contribution in [0.15, 0.2) is 27.8 Å². The van der Waals surface area contributed by atoms with Crippen molar-refractivity contribution in [2.75, 3.05) is 58.4 Å². The van der Waals surface area contributed by atoms with Crippen LogP contribution in [0.2, 0.25) is 0 Å². The number of piperazine rings is 1. The fraction of sp³-hybridized carbons (Fsp3) is 0.526. The average Bonchev–Trinajstić information content (AvgIpc) is 3.21. The summed E-state index contributed by atoms with van der Waals surface area (Å²) in [5, 5.41) is 2.64. The van der Waals surface area contributed by atoms with Gasteiger partial charge in [0, 0.05) is 45.9 Å². The van der Waals surface area contributed by atoms with Gasteiger partial charge in [0.15, 0.2) is 16.6 Å². The first-order valence-electron chi connectivity index (χ1n) is 9.64. The molecule has 1 aliphatic heterocycles. The van der Waals surface area contributed by atoms with Crippen LogP contribution in [-0.4, -0.2) is 74.3 Å². The standard InChI is InChI=1S/C19H24F3N5O3S/c1-26-6-8-27(9-7-26)16-11-15(19(20,21)22)24-18(25-16)31-12-13-3-4-14(30-13)17(28)23-5-10-29-2/h3-4,11H,5-10,12H2,1-2H3,(H,23,28). The van der Waals surface area contributed by atoms with Crippen LogP contribution in [0.3, 0.4) is 0 Å². The van der Waals surface area contributed by atoms with Crippen molar-refractivity contribution in [1.82, 2.24) is 20.2 Å². The Kier molecular flexibility index (Phi) is 7.79. The predicted octanol–water partition coefficient (Wildman–Crippen LogP) is 2.51. The Morgan fingerprint density at radius 3 is 2.68 bits per heavy atom. The Morgan fingerprint density at radius 1 is 1.26 bits per heavy atom. The molecule has 3 heterocycles. The van der Waals surface area contributed by atoms with E-state index in [0.29, 0.717) is 32.0 Å². The lowest BCUT2D eigenvalue weighted by atomic mass is 10.3. The van der Waals surface area contributed by atoms with Gasteiger partial charge in [-0.05, 0) is 19.2 Å². The van der Waals surface area contributed by atoms with Crippen molar-refractivity contribution in [2.24, 2.45) is 0 Å². The van der Waals surface area contributed by atoms with E-state index in [-0.39, 0.29) is 28.4 Å². The Labute approximate surface area is 182 Å². The largest absolute Gasteiger partial charge is 0.455 e. The zero-order valence-corrected chi connectivity index (χ0v) is 18.1. The molecule has 1 N–H and O–H groups in total. The number of halogens is 3. The summed E-state index contributed by atoms with van der Waals surface area (Å²) < 4.78 is 50.4. The van der Waals surface area contributed by atoms with Crippen LogP contribution in [0.1, 0.15) is 22.0 Å². The summed E-state index contributed by atoms with van der Waals surface area (Å²) in [6.07, 6.45) is -4.57. The number of amides is 1. The number of nitrogens with zero attached hydrogens (tertiary/aromatic N) is 4. The Balaban J connectivity index is 1.69. The van der Waals surface area contributed by atoms with Crippen LogP contribution in [0.5, 0.6) is 0 Å². The van der Waals surface area contributed by atoms with Gasteiger partial charge in [-0.1, -0.05) is 11.8 Å². The first-order valence-corrected chi connectivity index (χ1v) is 10.6. The molecule has 2 aromatic heterocycles. The summed E-state index contributed by atoms with van der Waals surface area (Å²) in [5.74, 6) is 0.616. The average molecular weight is 459 g/mol. The highest BCUT2D eigenvalue weighted by molar-refractivity contribution is 7.98. The minimum Gasteiger partial charge on any atom is -0.455 e. The first-order chi connectivity index (χ1) is 14.8. The Morgan fingerprint density at radius 2 is 2.00 bits per heavy atom. The zero-order valence-electron chi connectivity index (χ0n) is 17.2. The number of furan rings is 1. The van der Waals surface area contributed by atoms with Gasteiger partial charge in [-0.3, -0.25) is 4.79 Å². The van der Waals surface area contributed by atoms with E-state index in [2.05, 4.69) is 20.2 Å². The van der Waals surface area contributed by atoms with E-state index in [1.807, 2.05) is 11.9 Å². The van der Waals surface area contributed by atoms with E-state index < -0.39 is 11.9 Å². The van der Waals surface area contributed by atoms with Crippen LogP contribution in [-0.2, 0) is 16.7 Å². The SMILES string of the molecule is COCCNC(=O)c1ccc(CSc2nc(N3CCN(C)CC3)cc(C(F)(F)F)n2)o1. The molecule has 170 valence electrons. The normalized spacial score (nSPS) is 15.3.